The minimum absolute atomic E-state index is 0.201. The fraction of sp³-hybridized carbons (Fsp3) is 0.300. The van der Waals surface area contributed by atoms with E-state index in [0.717, 1.165) is 11.8 Å². The Morgan fingerprint density at radius 3 is 2.59 bits per heavy atom. The number of nitrogens with zero attached hydrogens (tertiary/aromatic N) is 2. The first-order valence-electron chi connectivity index (χ1n) is 8.98. The third-order valence-electron chi connectivity index (χ3n) is 4.31. The van der Waals surface area contributed by atoms with Crippen LogP contribution in [0.15, 0.2) is 33.9 Å². The number of aromatic amines is 1. The first-order chi connectivity index (χ1) is 13.8. The van der Waals surface area contributed by atoms with E-state index in [1.807, 2.05) is 0 Å². The maximum Gasteiger partial charge on any atom is 0.340 e. The van der Waals surface area contributed by atoms with Gasteiger partial charge in [-0.05, 0) is 57.5 Å². The number of ether oxygens (including phenoxy) is 1. The number of carbonyl (C=O) groups is 2. The van der Waals surface area contributed by atoms with E-state index in [1.54, 1.807) is 27.7 Å². The van der Waals surface area contributed by atoms with E-state index >= 15 is 0 Å². The molecule has 29 heavy (non-hydrogen) atoms. The van der Waals surface area contributed by atoms with Gasteiger partial charge in [-0.25, -0.2) is 9.18 Å². The SMILES string of the molecule is CCOC(=O)c1c(C)[nH]c(C(=O)[C@@H](C)Sc2nnc(-c3ccc(F)cc3)o2)c1C. The Morgan fingerprint density at radius 1 is 1.24 bits per heavy atom. The van der Waals surface area contributed by atoms with Gasteiger partial charge in [0.05, 0.1) is 23.1 Å². The fourth-order valence-electron chi connectivity index (χ4n) is 2.88. The Kier molecular flexibility index (Phi) is 6.17. The molecule has 0 aliphatic carbocycles. The van der Waals surface area contributed by atoms with E-state index in [2.05, 4.69) is 15.2 Å². The van der Waals surface area contributed by atoms with Crippen LogP contribution >= 0.6 is 11.8 Å². The van der Waals surface area contributed by atoms with Crippen molar-refractivity contribution >= 4 is 23.5 Å². The monoisotopic (exact) mass is 417 g/mol. The molecule has 0 bridgehead atoms. The number of halogens is 1. The summed E-state index contributed by atoms with van der Waals surface area (Å²) in [4.78, 5) is 28.0. The van der Waals surface area contributed by atoms with Crippen molar-refractivity contribution < 1.29 is 23.1 Å². The smallest absolute Gasteiger partial charge is 0.340 e. The van der Waals surface area contributed by atoms with Gasteiger partial charge in [0.2, 0.25) is 5.89 Å². The third kappa shape index (κ3) is 4.40. The maximum atomic E-state index is 13.0. The summed E-state index contributed by atoms with van der Waals surface area (Å²) in [5.41, 5.74) is 2.45. The molecule has 0 fully saturated rings. The number of esters is 1. The molecule has 2 heterocycles. The van der Waals surface area contributed by atoms with E-state index in [0.29, 0.717) is 28.1 Å². The lowest BCUT2D eigenvalue weighted by Gasteiger charge is -2.07. The molecule has 1 N–H and O–H groups in total. The first-order valence-corrected chi connectivity index (χ1v) is 9.86. The zero-order valence-electron chi connectivity index (χ0n) is 16.4. The minimum Gasteiger partial charge on any atom is -0.462 e. The van der Waals surface area contributed by atoms with Crippen LogP contribution in [0.2, 0.25) is 0 Å². The second-order valence-corrected chi connectivity index (χ2v) is 7.64. The van der Waals surface area contributed by atoms with Gasteiger partial charge < -0.3 is 14.1 Å². The molecule has 0 spiro atoms. The van der Waals surface area contributed by atoms with Crippen molar-refractivity contribution in [1.29, 1.82) is 0 Å². The number of nitrogens with one attached hydrogen (secondary N) is 1. The number of H-pyrrole nitrogens is 1. The summed E-state index contributed by atoms with van der Waals surface area (Å²) < 4.78 is 23.7. The highest BCUT2D eigenvalue weighted by atomic mass is 32.2. The Bertz CT molecular complexity index is 1040. The van der Waals surface area contributed by atoms with E-state index in [-0.39, 0.29) is 29.3 Å². The van der Waals surface area contributed by atoms with Crippen LogP contribution in [0.25, 0.3) is 11.5 Å². The number of thioether (sulfide) groups is 1. The second-order valence-electron chi connectivity index (χ2n) is 6.35. The van der Waals surface area contributed by atoms with Crippen molar-refractivity contribution in [2.24, 2.45) is 0 Å². The lowest BCUT2D eigenvalue weighted by atomic mass is 10.1. The topological polar surface area (TPSA) is 98.1 Å². The molecule has 0 unspecified atom stereocenters. The van der Waals surface area contributed by atoms with Gasteiger partial charge in [0, 0.05) is 11.3 Å². The standard InChI is InChI=1S/C20H20FN3O4S/c1-5-27-19(26)15-10(2)16(22-11(15)3)17(25)12(4)29-20-24-23-18(28-20)13-6-8-14(21)9-7-13/h6-9,12,22H,5H2,1-4H3/t12-/m1/s1. The molecule has 1 aromatic carbocycles. The van der Waals surface area contributed by atoms with Crippen LogP contribution in [0.1, 0.15) is 46.0 Å². The molecule has 7 nitrogen and oxygen atoms in total. The molecule has 0 aliphatic heterocycles. The minimum atomic E-state index is -0.539. The zero-order chi connectivity index (χ0) is 21.1. The molecule has 3 rings (SSSR count). The Hall–Kier alpha value is -2.94. The summed E-state index contributed by atoms with van der Waals surface area (Å²) in [7, 11) is 0. The summed E-state index contributed by atoms with van der Waals surface area (Å²) in [5, 5.41) is 7.57. The van der Waals surface area contributed by atoms with E-state index in [9.17, 15) is 14.0 Å². The highest BCUT2D eigenvalue weighted by molar-refractivity contribution is 8.00. The number of rotatable bonds is 7. The summed E-state index contributed by atoms with van der Waals surface area (Å²) in [6.45, 7) is 7.13. The number of benzene rings is 1. The Balaban J connectivity index is 1.75. The normalized spacial score (nSPS) is 12.0. The molecule has 1 atom stereocenters. The van der Waals surface area contributed by atoms with Crippen LogP contribution in [0.3, 0.4) is 0 Å². The summed E-state index contributed by atoms with van der Waals surface area (Å²) in [5.74, 6) is -0.781. The average Bonchev–Trinajstić information content (AvgIpc) is 3.26. The van der Waals surface area contributed by atoms with E-state index in [1.165, 1.54) is 24.3 Å². The van der Waals surface area contributed by atoms with Gasteiger partial charge >= 0.3 is 5.97 Å². The Labute approximate surface area is 171 Å². The quantitative estimate of drug-likeness (QED) is 0.346. The number of aryl methyl sites for hydroxylation is 1. The molecule has 2 aromatic heterocycles. The molecular formula is C20H20FN3O4S. The summed E-state index contributed by atoms with van der Waals surface area (Å²) in [6.07, 6.45) is 0. The number of hydrogen-bond donors (Lipinski definition) is 1. The number of carbonyl (C=O) groups excluding carboxylic acids is 2. The van der Waals surface area contributed by atoms with Gasteiger partial charge in [0.25, 0.3) is 5.22 Å². The van der Waals surface area contributed by atoms with Crippen molar-refractivity contribution in [3.8, 4) is 11.5 Å². The summed E-state index contributed by atoms with van der Waals surface area (Å²) in [6, 6.07) is 5.67. The van der Waals surface area contributed by atoms with E-state index < -0.39 is 11.2 Å². The average molecular weight is 417 g/mol. The number of hydrogen-bond acceptors (Lipinski definition) is 7. The number of aromatic nitrogens is 3. The molecular weight excluding hydrogens is 397 g/mol. The summed E-state index contributed by atoms with van der Waals surface area (Å²) >= 11 is 1.11. The van der Waals surface area contributed by atoms with Gasteiger partial charge in [-0.1, -0.05) is 11.8 Å². The maximum absolute atomic E-state index is 13.0. The molecule has 0 aliphatic rings. The number of ketones is 1. The van der Waals surface area contributed by atoms with Gasteiger partial charge in [0.15, 0.2) is 5.78 Å². The van der Waals surface area contributed by atoms with Crippen molar-refractivity contribution in [3.05, 3.63) is 52.6 Å². The van der Waals surface area contributed by atoms with Gasteiger partial charge in [0.1, 0.15) is 5.82 Å². The van der Waals surface area contributed by atoms with Crippen LogP contribution in [-0.4, -0.2) is 38.8 Å². The largest absolute Gasteiger partial charge is 0.462 e. The lowest BCUT2D eigenvalue weighted by Crippen LogP contribution is -2.15. The van der Waals surface area contributed by atoms with E-state index in [4.69, 9.17) is 9.15 Å². The zero-order valence-corrected chi connectivity index (χ0v) is 17.2. The molecule has 3 aromatic rings. The molecule has 0 amide bonds. The molecule has 0 saturated heterocycles. The molecule has 0 saturated carbocycles. The highest BCUT2D eigenvalue weighted by Gasteiger charge is 2.27. The van der Waals surface area contributed by atoms with Gasteiger partial charge in [-0.3, -0.25) is 4.79 Å². The molecule has 9 heteroatoms. The molecule has 0 radical (unpaired) electrons. The number of Topliss-reactive ketones (excluding diaryl/α,β-unsaturated/α-hetero) is 1. The van der Waals surface area contributed by atoms with Crippen LogP contribution in [-0.2, 0) is 4.74 Å². The van der Waals surface area contributed by atoms with Gasteiger partial charge in [-0.15, -0.1) is 10.2 Å². The van der Waals surface area contributed by atoms with Crippen LogP contribution in [0, 0.1) is 19.7 Å². The highest BCUT2D eigenvalue weighted by Crippen LogP contribution is 2.29. The van der Waals surface area contributed by atoms with Crippen LogP contribution in [0.5, 0.6) is 0 Å². The second kappa shape index (κ2) is 8.60. The third-order valence-corrected chi connectivity index (χ3v) is 5.24. The van der Waals surface area contributed by atoms with Gasteiger partial charge in [-0.2, -0.15) is 0 Å². The predicted octanol–water partition coefficient (Wildman–Crippen LogP) is 4.36. The van der Waals surface area contributed by atoms with Crippen molar-refractivity contribution in [1.82, 2.24) is 15.2 Å². The molecule has 152 valence electrons. The fourth-order valence-corrected chi connectivity index (χ4v) is 3.62. The van der Waals surface area contributed by atoms with Crippen molar-refractivity contribution in [3.63, 3.8) is 0 Å². The lowest BCUT2D eigenvalue weighted by molar-refractivity contribution is 0.0525. The predicted molar refractivity (Wildman–Crippen MR) is 106 cm³/mol. The van der Waals surface area contributed by atoms with Crippen molar-refractivity contribution in [2.75, 3.05) is 6.61 Å². The first kappa shape index (κ1) is 20.8. The van der Waals surface area contributed by atoms with Crippen LogP contribution < -0.4 is 0 Å². The van der Waals surface area contributed by atoms with Crippen molar-refractivity contribution in [2.45, 2.75) is 38.2 Å². The van der Waals surface area contributed by atoms with Crippen LogP contribution in [0.4, 0.5) is 4.39 Å². The Morgan fingerprint density at radius 2 is 1.93 bits per heavy atom.